The highest BCUT2D eigenvalue weighted by molar-refractivity contribution is 6.30. The number of amides is 3. The monoisotopic (exact) mass is 440 g/mol. The third-order valence-electron chi connectivity index (χ3n) is 6.87. The van der Waals surface area contributed by atoms with Gasteiger partial charge in [-0.05, 0) is 61.6 Å². The maximum Gasteiger partial charge on any atom is 0.324 e. The van der Waals surface area contributed by atoms with Crippen molar-refractivity contribution in [1.82, 2.24) is 10.2 Å². The fourth-order valence-corrected chi connectivity index (χ4v) is 5.18. The summed E-state index contributed by atoms with van der Waals surface area (Å²) in [4.78, 5) is 28.9. The lowest BCUT2D eigenvalue weighted by molar-refractivity contribution is 0.0963. The third kappa shape index (κ3) is 4.14. The first-order valence-electron chi connectivity index (χ1n) is 10.8. The van der Waals surface area contributed by atoms with Gasteiger partial charge in [0.1, 0.15) is 0 Å². The molecule has 2 aliphatic rings. The zero-order valence-corrected chi connectivity index (χ0v) is 18.6. The van der Waals surface area contributed by atoms with Crippen LogP contribution in [0.25, 0.3) is 0 Å². The molecule has 1 heterocycles. The summed E-state index contributed by atoms with van der Waals surface area (Å²) in [5, 5.41) is 3.36. The lowest BCUT2D eigenvalue weighted by atomic mass is 9.68. The summed E-state index contributed by atoms with van der Waals surface area (Å²) in [6.07, 6.45) is 3.71. The zero-order chi connectivity index (χ0) is 22.0. The molecule has 3 amide bonds. The van der Waals surface area contributed by atoms with E-state index in [9.17, 15) is 9.59 Å². The second-order valence-corrected chi connectivity index (χ2v) is 8.92. The molecule has 31 heavy (non-hydrogen) atoms. The summed E-state index contributed by atoms with van der Waals surface area (Å²) in [5.41, 5.74) is 8.67. The standard InChI is InChI=1S/C24H29ClN4O2/c1-27-22(30)17-4-2-7-21(14-17)29-13-12-28(23(29)31)20-8-10-24(16-26,11-9-20)18-5-3-6-19(25)15-18/h2-7,14-15,20H,8-13,16,26H2,1H3,(H,27,30)/t20-,24-. The molecule has 7 heteroatoms. The second-order valence-electron chi connectivity index (χ2n) is 8.48. The first kappa shape index (κ1) is 21.7. The molecule has 1 saturated heterocycles. The first-order chi connectivity index (χ1) is 15.0. The van der Waals surface area contributed by atoms with Crippen molar-refractivity contribution in [2.45, 2.75) is 37.1 Å². The van der Waals surface area contributed by atoms with Crippen LogP contribution in [0.4, 0.5) is 10.5 Å². The molecule has 164 valence electrons. The van der Waals surface area contributed by atoms with E-state index in [1.54, 1.807) is 24.1 Å². The lowest BCUT2D eigenvalue weighted by Gasteiger charge is -2.42. The number of rotatable bonds is 5. The van der Waals surface area contributed by atoms with E-state index in [0.29, 0.717) is 25.2 Å². The van der Waals surface area contributed by atoms with Crippen LogP contribution in [0, 0.1) is 0 Å². The Morgan fingerprint density at radius 2 is 1.90 bits per heavy atom. The third-order valence-corrected chi connectivity index (χ3v) is 7.10. The van der Waals surface area contributed by atoms with Gasteiger partial charge < -0.3 is 16.0 Å². The fourth-order valence-electron chi connectivity index (χ4n) is 4.99. The maximum absolute atomic E-state index is 13.2. The average molecular weight is 441 g/mol. The van der Waals surface area contributed by atoms with E-state index < -0.39 is 0 Å². The van der Waals surface area contributed by atoms with E-state index in [-0.39, 0.29) is 23.4 Å². The van der Waals surface area contributed by atoms with Crippen LogP contribution in [0.1, 0.15) is 41.6 Å². The van der Waals surface area contributed by atoms with Gasteiger partial charge in [-0.3, -0.25) is 9.69 Å². The molecule has 1 aliphatic carbocycles. The van der Waals surface area contributed by atoms with Crippen LogP contribution in [-0.4, -0.2) is 49.6 Å². The van der Waals surface area contributed by atoms with Gasteiger partial charge in [0.05, 0.1) is 0 Å². The zero-order valence-electron chi connectivity index (χ0n) is 17.8. The number of nitrogens with one attached hydrogen (secondary N) is 1. The van der Waals surface area contributed by atoms with E-state index in [0.717, 1.165) is 36.4 Å². The van der Waals surface area contributed by atoms with Crippen molar-refractivity contribution in [2.24, 2.45) is 5.73 Å². The van der Waals surface area contributed by atoms with Gasteiger partial charge in [0.15, 0.2) is 0 Å². The van der Waals surface area contributed by atoms with Crippen molar-refractivity contribution in [2.75, 3.05) is 31.6 Å². The summed E-state index contributed by atoms with van der Waals surface area (Å²) >= 11 is 6.22. The van der Waals surface area contributed by atoms with Crippen LogP contribution in [0.2, 0.25) is 5.02 Å². The van der Waals surface area contributed by atoms with E-state index in [4.69, 9.17) is 17.3 Å². The lowest BCUT2D eigenvalue weighted by Crippen LogP contribution is -2.46. The highest BCUT2D eigenvalue weighted by Gasteiger charge is 2.41. The highest BCUT2D eigenvalue weighted by atomic mass is 35.5. The van der Waals surface area contributed by atoms with Gasteiger partial charge in [-0.15, -0.1) is 0 Å². The topological polar surface area (TPSA) is 78.7 Å². The van der Waals surface area contributed by atoms with Crippen LogP contribution in [0.3, 0.4) is 0 Å². The molecule has 0 unspecified atom stereocenters. The van der Waals surface area contributed by atoms with Gasteiger partial charge in [-0.2, -0.15) is 0 Å². The van der Waals surface area contributed by atoms with E-state index in [1.807, 2.05) is 35.2 Å². The van der Waals surface area contributed by atoms with Crippen molar-refractivity contribution in [3.63, 3.8) is 0 Å². The van der Waals surface area contributed by atoms with Gasteiger partial charge in [-0.25, -0.2) is 4.79 Å². The summed E-state index contributed by atoms with van der Waals surface area (Å²) < 4.78 is 0. The molecule has 2 fully saturated rings. The van der Waals surface area contributed by atoms with Crippen molar-refractivity contribution < 1.29 is 9.59 Å². The van der Waals surface area contributed by atoms with Crippen LogP contribution >= 0.6 is 11.6 Å². The largest absolute Gasteiger partial charge is 0.355 e. The number of benzene rings is 2. The van der Waals surface area contributed by atoms with Gasteiger partial charge in [-0.1, -0.05) is 29.8 Å². The highest BCUT2D eigenvalue weighted by Crippen LogP contribution is 2.41. The molecule has 0 spiro atoms. The number of nitrogens with two attached hydrogens (primary N) is 1. The van der Waals surface area contributed by atoms with Crippen molar-refractivity contribution in [1.29, 1.82) is 0 Å². The van der Waals surface area contributed by atoms with Gasteiger partial charge >= 0.3 is 6.03 Å². The Hall–Kier alpha value is -2.57. The Balaban J connectivity index is 1.45. The molecule has 4 rings (SSSR count). The number of carbonyl (C=O) groups is 2. The number of nitrogens with zero attached hydrogens (tertiary/aromatic N) is 2. The van der Waals surface area contributed by atoms with Crippen molar-refractivity contribution in [3.8, 4) is 0 Å². The predicted molar refractivity (Wildman–Crippen MR) is 124 cm³/mol. The minimum Gasteiger partial charge on any atom is -0.355 e. The number of hydrogen-bond donors (Lipinski definition) is 2. The molecule has 0 radical (unpaired) electrons. The molecule has 0 atom stereocenters. The van der Waals surface area contributed by atoms with Gasteiger partial charge in [0.25, 0.3) is 5.91 Å². The normalized spacial score (nSPS) is 23.8. The number of urea groups is 1. The Morgan fingerprint density at radius 3 is 2.58 bits per heavy atom. The fraction of sp³-hybridized carbons (Fsp3) is 0.417. The molecule has 0 bridgehead atoms. The Labute approximate surface area is 188 Å². The first-order valence-corrected chi connectivity index (χ1v) is 11.2. The van der Waals surface area contributed by atoms with Crippen LogP contribution in [0.5, 0.6) is 0 Å². The SMILES string of the molecule is CNC(=O)c1cccc(N2CCN([C@H]3CC[C@](CN)(c4cccc(Cl)c4)CC3)C2=O)c1. The van der Waals surface area contributed by atoms with Gasteiger partial charge in [0.2, 0.25) is 0 Å². The number of anilines is 1. The second kappa shape index (κ2) is 8.89. The average Bonchev–Trinajstić information content (AvgIpc) is 3.20. The number of hydrogen-bond acceptors (Lipinski definition) is 3. The molecule has 2 aromatic rings. The van der Waals surface area contributed by atoms with Crippen LogP contribution in [-0.2, 0) is 5.41 Å². The molecule has 1 aliphatic heterocycles. The van der Waals surface area contributed by atoms with Crippen LogP contribution in [0.15, 0.2) is 48.5 Å². The summed E-state index contributed by atoms with van der Waals surface area (Å²) in [5.74, 6) is -0.156. The summed E-state index contributed by atoms with van der Waals surface area (Å²) in [6, 6.07) is 15.5. The molecule has 1 saturated carbocycles. The number of carbonyl (C=O) groups excluding carboxylic acids is 2. The molecular formula is C24H29ClN4O2. The Bertz CT molecular complexity index is 972. The molecule has 6 nitrogen and oxygen atoms in total. The van der Waals surface area contributed by atoms with E-state index >= 15 is 0 Å². The van der Waals surface area contributed by atoms with E-state index in [1.165, 1.54) is 5.56 Å². The summed E-state index contributed by atoms with van der Waals surface area (Å²) in [7, 11) is 1.60. The minimum atomic E-state index is -0.156. The van der Waals surface area contributed by atoms with Crippen LogP contribution < -0.4 is 16.0 Å². The van der Waals surface area contributed by atoms with E-state index in [2.05, 4.69) is 11.4 Å². The predicted octanol–water partition coefficient (Wildman–Crippen LogP) is 3.78. The van der Waals surface area contributed by atoms with Gasteiger partial charge in [0, 0.05) is 54.4 Å². The molecule has 3 N–H and O–H groups in total. The Kier molecular flexibility index (Phi) is 6.21. The molecular weight excluding hydrogens is 412 g/mol. The number of halogens is 1. The minimum absolute atomic E-state index is 0.0158. The molecule has 0 aromatic heterocycles. The van der Waals surface area contributed by atoms with Crippen molar-refractivity contribution >= 4 is 29.2 Å². The Morgan fingerprint density at radius 1 is 1.16 bits per heavy atom. The quantitative estimate of drug-likeness (QED) is 0.742. The maximum atomic E-state index is 13.2. The smallest absolute Gasteiger partial charge is 0.324 e. The summed E-state index contributed by atoms with van der Waals surface area (Å²) in [6.45, 7) is 1.90. The van der Waals surface area contributed by atoms with Crippen molar-refractivity contribution in [3.05, 3.63) is 64.7 Å². The molecule has 2 aromatic carbocycles.